The van der Waals surface area contributed by atoms with Crippen LogP contribution >= 0.6 is 0 Å². The van der Waals surface area contributed by atoms with Gasteiger partial charge in [0.1, 0.15) is 11.6 Å². The Balaban J connectivity index is 0.000000479. The summed E-state index contributed by atoms with van der Waals surface area (Å²) in [6.45, 7) is 2.99. The molecule has 37 heavy (non-hydrogen) atoms. The van der Waals surface area contributed by atoms with Crippen LogP contribution < -0.4 is 5.32 Å². The maximum atomic E-state index is 13.3. The van der Waals surface area contributed by atoms with E-state index in [4.69, 9.17) is 9.90 Å². The number of piperidine rings is 1. The van der Waals surface area contributed by atoms with Gasteiger partial charge in [0.15, 0.2) is 5.78 Å². The molecule has 4 rings (SSSR count). The third kappa shape index (κ3) is 7.12. The fourth-order valence-corrected chi connectivity index (χ4v) is 4.85. The zero-order chi connectivity index (χ0) is 27.2. The lowest BCUT2D eigenvalue weighted by atomic mass is 9.68. The third-order valence-electron chi connectivity index (χ3n) is 6.89. The molecule has 2 saturated heterocycles. The van der Waals surface area contributed by atoms with Gasteiger partial charge < -0.3 is 15.3 Å². The van der Waals surface area contributed by atoms with Crippen LogP contribution in [0.2, 0.25) is 0 Å². The lowest BCUT2D eigenvalue weighted by Gasteiger charge is -2.41. The molecule has 0 radical (unpaired) electrons. The van der Waals surface area contributed by atoms with Gasteiger partial charge in [-0.25, -0.2) is 13.6 Å². The van der Waals surface area contributed by atoms with Gasteiger partial charge in [-0.3, -0.25) is 9.59 Å². The fourth-order valence-electron chi connectivity index (χ4n) is 4.85. The molecule has 2 aromatic rings. The number of alkyl halides is 3. The van der Waals surface area contributed by atoms with Gasteiger partial charge in [0, 0.05) is 24.4 Å². The molecule has 2 N–H and O–H groups in total. The molecule has 0 saturated carbocycles. The lowest BCUT2D eigenvalue weighted by molar-refractivity contribution is -0.192. The van der Waals surface area contributed by atoms with Gasteiger partial charge in [-0.15, -0.1) is 0 Å². The van der Waals surface area contributed by atoms with E-state index in [1.165, 1.54) is 36.4 Å². The first-order valence-electron chi connectivity index (χ1n) is 11.8. The monoisotopic (exact) mass is 526 g/mol. The fraction of sp³-hybridized carbons (Fsp3) is 0.423. The molecule has 2 aromatic carbocycles. The van der Waals surface area contributed by atoms with Crippen molar-refractivity contribution in [2.75, 3.05) is 26.2 Å². The highest BCUT2D eigenvalue weighted by Crippen LogP contribution is 2.47. The van der Waals surface area contributed by atoms with E-state index < -0.39 is 17.6 Å². The number of likely N-dealkylation sites (tertiary alicyclic amines) is 1. The molecule has 2 aliphatic rings. The number of carboxylic acid groups (broad SMARTS) is 1. The van der Waals surface area contributed by atoms with Gasteiger partial charge in [-0.2, -0.15) is 13.2 Å². The number of carbonyl (C=O) groups is 3. The highest BCUT2D eigenvalue weighted by molar-refractivity contribution is 5.96. The minimum Gasteiger partial charge on any atom is -0.475 e. The molecule has 0 unspecified atom stereocenters. The second-order valence-corrected chi connectivity index (χ2v) is 9.15. The van der Waals surface area contributed by atoms with Crippen LogP contribution in [0, 0.1) is 17.0 Å². The number of hydrogen-bond donors (Lipinski definition) is 2. The van der Waals surface area contributed by atoms with Crippen molar-refractivity contribution in [3.63, 3.8) is 0 Å². The molecule has 2 aliphatic heterocycles. The van der Waals surface area contributed by atoms with E-state index in [-0.39, 0.29) is 29.2 Å². The van der Waals surface area contributed by atoms with Gasteiger partial charge in [0.2, 0.25) is 5.91 Å². The summed E-state index contributed by atoms with van der Waals surface area (Å²) in [6, 6.07) is 12.2. The first kappa shape index (κ1) is 28.2. The van der Waals surface area contributed by atoms with Crippen molar-refractivity contribution in [1.82, 2.24) is 10.2 Å². The normalized spacial score (nSPS) is 19.2. The molecule has 2 heterocycles. The Morgan fingerprint density at radius 1 is 0.973 bits per heavy atom. The molecule has 1 amide bonds. The molecule has 200 valence electrons. The summed E-state index contributed by atoms with van der Waals surface area (Å²) < 4.78 is 58.0. The van der Waals surface area contributed by atoms with Crippen LogP contribution in [0.4, 0.5) is 22.0 Å². The summed E-state index contributed by atoms with van der Waals surface area (Å²) >= 11 is 0. The van der Waals surface area contributed by atoms with Crippen LogP contribution in [0.3, 0.4) is 0 Å². The summed E-state index contributed by atoms with van der Waals surface area (Å²) in [5.41, 5.74) is 1.12. The Bertz CT molecular complexity index is 1100. The Labute approximate surface area is 210 Å². The van der Waals surface area contributed by atoms with Crippen molar-refractivity contribution in [1.29, 1.82) is 0 Å². The Hall–Kier alpha value is -3.34. The van der Waals surface area contributed by atoms with E-state index in [1.54, 1.807) is 12.1 Å². The van der Waals surface area contributed by atoms with E-state index in [0.29, 0.717) is 18.5 Å². The quantitative estimate of drug-likeness (QED) is 0.426. The van der Waals surface area contributed by atoms with Gasteiger partial charge >= 0.3 is 12.1 Å². The molecule has 0 bridgehead atoms. The highest BCUT2D eigenvalue weighted by atomic mass is 19.4. The number of benzene rings is 2. The number of carbonyl (C=O) groups excluding carboxylic acids is 2. The summed E-state index contributed by atoms with van der Waals surface area (Å²) in [4.78, 5) is 36.2. The standard InChI is InChI=1S/C24H26F2N2O2.C2HF3O2/c25-19-7-3-17(4-8-19)21-16-27-23(30)24(21)11-14-28(15-12-24)13-1-2-22(29)18-5-9-20(26)10-6-18;3-2(4,5)1(6)7/h3-10,21H,1-2,11-16H2,(H,27,30);(H,6,7)/t21-;/m1./s1. The van der Waals surface area contributed by atoms with E-state index in [0.717, 1.165) is 44.5 Å². The SMILES string of the molecule is O=C(CCCN1CCC2(CC1)C(=O)NC[C@@H]2c1ccc(F)cc1)c1ccc(F)cc1.O=C(O)C(F)(F)F. The van der Waals surface area contributed by atoms with Crippen molar-refractivity contribution in [2.24, 2.45) is 5.41 Å². The number of ketones is 1. The van der Waals surface area contributed by atoms with Crippen molar-refractivity contribution in [2.45, 2.75) is 37.8 Å². The zero-order valence-electron chi connectivity index (χ0n) is 19.9. The predicted octanol–water partition coefficient (Wildman–Crippen LogP) is 4.56. The molecular formula is C26H27F5N2O4. The van der Waals surface area contributed by atoms with E-state index >= 15 is 0 Å². The van der Waals surface area contributed by atoms with Crippen molar-refractivity contribution < 1.29 is 41.4 Å². The molecule has 0 aromatic heterocycles. The second kappa shape index (κ2) is 11.8. The number of carboxylic acids is 1. The Morgan fingerprint density at radius 2 is 1.49 bits per heavy atom. The highest BCUT2D eigenvalue weighted by Gasteiger charge is 2.51. The van der Waals surface area contributed by atoms with Crippen LogP contribution in [0.1, 0.15) is 47.5 Å². The number of nitrogens with zero attached hydrogens (tertiary/aromatic N) is 1. The molecule has 1 atom stereocenters. The summed E-state index contributed by atoms with van der Waals surface area (Å²) in [5, 5.41) is 10.1. The van der Waals surface area contributed by atoms with Gasteiger partial charge in [0.05, 0.1) is 5.41 Å². The number of halogens is 5. The predicted molar refractivity (Wildman–Crippen MR) is 124 cm³/mol. The lowest BCUT2D eigenvalue weighted by Crippen LogP contribution is -2.46. The molecule has 11 heteroatoms. The van der Waals surface area contributed by atoms with Crippen LogP contribution in [0.25, 0.3) is 0 Å². The van der Waals surface area contributed by atoms with Gasteiger partial charge in [-0.05, 0) is 80.9 Å². The van der Waals surface area contributed by atoms with E-state index in [1.807, 2.05) is 0 Å². The summed E-state index contributed by atoms with van der Waals surface area (Å²) in [7, 11) is 0. The minimum atomic E-state index is -5.08. The molecule has 2 fully saturated rings. The van der Waals surface area contributed by atoms with Gasteiger partial charge in [-0.1, -0.05) is 12.1 Å². The summed E-state index contributed by atoms with van der Waals surface area (Å²) in [5.74, 6) is -3.18. The Kier molecular flexibility index (Phi) is 9.01. The van der Waals surface area contributed by atoms with E-state index in [2.05, 4.69) is 10.2 Å². The molecule has 1 spiro atoms. The topological polar surface area (TPSA) is 86.7 Å². The van der Waals surface area contributed by atoms with Crippen molar-refractivity contribution >= 4 is 17.7 Å². The first-order valence-corrected chi connectivity index (χ1v) is 11.8. The van der Waals surface area contributed by atoms with Crippen LogP contribution in [0.15, 0.2) is 48.5 Å². The number of aliphatic carboxylic acids is 1. The number of rotatable bonds is 6. The van der Waals surface area contributed by atoms with Crippen LogP contribution in [0.5, 0.6) is 0 Å². The molecule has 6 nitrogen and oxygen atoms in total. The maximum Gasteiger partial charge on any atom is 0.490 e. The van der Waals surface area contributed by atoms with Gasteiger partial charge in [0.25, 0.3) is 0 Å². The van der Waals surface area contributed by atoms with Crippen LogP contribution in [-0.2, 0) is 9.59 Å². The Morgan fingerprint density at radius 3 is 2.00 bits per heavy atom. The number of nitrogens with one attached hydrogen (secondary N) is 1. The average Bonchev–Trinajstić information content (AvgIpc) is 3.16. The molecular weight excluding hydrogens is 499 g/mol. The average molecular weight is 527 g/mol. The van der Waals surface area contributed by atoms with Crippen molar-refractivity contribution in [3.05, 3.63) is 71.3 Å². The number of amides is 1. The smallest absolute Gasteiger partial charge is 0.475 e. The first-order chi connectivity index (χ1) is 17.4. The zero-order valence-corrected chi connectivity index (χ0v) is 19.9. The largest absolute Gasteiger partial charge is 0.490 e. The summed E-state index contributed by atoms with van der Waals surface area (Å²) in [6.07, 6.45) is -2.41. The van der Waals surface area contributed by atoms with E-state index in [9.17, 15) is 31.5 Å². The van der Waals surface area contributed by atoms with Crippen molar-refractivity contribution in [3.8, 4) is 0 Å². The maximum absolute atomic E-state index is 13.3. The number of Topliss-reactive ketones (excluding diaryl/α,β-unsaturated/α-hetero) is 1. The molecule has 0 aliphatic carbocycles. The minimum absolute atomic E-state index is 0.0232. The number of hydrogen-bond acceptors (Lipinski definition) is 4. The van der Waals surface area contributed by atoms with Crippen LogP contribution in [-0.4, -0.2) is 60.0 Å². The third-order valence-corrected chi connectivity index (χ3v) is 6.89. The second-order valence-electron chi connectivity index (χ2n) is 9.15.